The molecule has 4 nitrogen and oxygen atoms in total. The molecule has 2 aromatic heterocycles. The first-order valence-electron chi connectivity index (χ1n) is 7.99. The van der Waals surface area contributed by atoms with Crippen molar-refractivity contribution in [3.05, 3.63) is 66.6 Å². The maximum atomic E-state index is 6.07. The van der Waals surface area contributed by atoms with Gasteiger partial charge in [0.2, 0.25) is 0 Å². The number of hydrogen-bond acceptors (Lipinski definition) is 4. The first kappa shape index (κ1) is 14.2. The number of fused-ring (bicyclic) bond motifs is 1. The molecule has 0 amide bonds. The van der Waals surface area contributed by atoms with E-state index in [-0.39, 0.29) is 6.10 Å². The molecule has 1 atom stereocenters. The van der Waals surface area contributed by atoms with Gasteiger partial charge in [0, 0.05) is 42.8 Å². The maximum Gasteiger partial charge on any atom is 0.0771 e. The molecular formula is C19H19N3O. The van der Waals surface area contributed by atoms with E-state index < -0.39 is 0 Å². The second-order valence-corrected chi connectivity index (χ2v) is 5.87. The number of benzene rings is 1. The molecular weight excluding hydrogens is 286 g/mol. The average Bonchev–Trinajstić information content (AvgIpc) is 3.09. The molecule has 0 saturated carbocycles. The van der Waals surface area contributed by atoms with Gasteiger partial charge in [-0.05, 0) is 36.2 Å². The molecule has 1 aliphatic heterocycles. The lowest BCUT2D eigenvalue weighted by Crippen LogP contribution is -2.23. The maximum absolute atomic E-state index is 6.07. The summed E-state index contributed by atoms with van der Waals surface area (Å²) in [4.78, 5) is 10.9. The Kier molecular flexibility index (Phi) is 3.90. The molecule has 23 heavy (non-hydrogen) atoms. The average molecular weight is 305 g/mol. The van der Waals surface area contributed by atoms with Crippen LogP contribution in [0.5, 0.6) is 0 Å². The molecule has 1 unspecified atom stereocenters. The zero-order chi connectivity index (χ0) is 15.5. The standard InChI is InChI=1S/C19H19N3O/c1-2-4-18-17(3-1)19(7-11-21-18)22-12-8-16(13-22)23-14-15-5-9-20-10-6-15/h1-7,9-11,16H,8,12-14H2. The monoisotopic (exact) mass is 305 g/mol. The van der Waals surface area contributed by atoms with Gasteiger partial charge in [-0.3, -0.25) is 9.97 Å². The third-order valence-electron chi connectivity index (χ3n) is 4.35. The molecule has 4 rings (SSSR count). The van der Waals surface area contributed by atoms with Crippen LogP contribution >= 0.6 is 0 Å². The van der Waals surface area contributed by atoms with Crippen LogP contribution in [-0.4, -0.2) is 29.2 Å². The second-order valence-electron chi connectivity index (χ2n) is 5.87. The Morgan fingerprint density at radius 2 is 1.91 bits per heavy atom. The van der Waals surface area contributed by atoms with Crippen molar-refractivity contribution in [2.75, 3.05) is 18.0 Å². The molecule has 0 spiro atoms. The summed E-state index contributed by atoms with van der Waals surface area (Å²) in [5.41, 5.74) is 3.48. The van der Waals surface area contributed by atoms with Crippen LogP contribution in [0.1, 0.15) is 12.0 Å². The lowest BCUT2D eigenvalue weighted by Gasteiger charge is -2.20. The highest BCUT2D eigenvalue weighted by Gasteiger charge is 2.24. The number of nitrogens with zero attached hydrogens (tertiary/aromatic N) is 3. The fraction of sp³-hybridized carbons (Fsp3) is 0.263. The van der Waals surface area contributed by atoms with Crippen molar-refractivity contribution in [2.45, 2.75) is 19.1 Å². The molecule has 116 valence electrons. The number of ether oxygens (including phenoxy) is 1. The number of anilines is 1. The Morgan fingerprint density at radius 3 is 2.83 bits per heavy atom. The van der Waals surface area contributed by atoms with Gasteiger partial charge in [-0.1, -0.05) is 18.2 Å². The molecule has 1 aliphatic rings. The molecule has 0 N–H and O–H groups in total. The Bertz CT molecular complexity index is 785. The van der Waals surface area contributed by atoms with Gasteiger partial charge in [0.05, 0.1) is 18.2 Å². The van der Waals surface area contributed by atoms with E-state index in [2.05, 4.69) is 39.1 Å². The second kappa shape index (κ2) is 6.34. The smallest absolute Gasteiger partial charge is 0.0771 e. The van der Waals surface area contributed by atoms with E-state index >= 15 is 0 Å². The predicted molar refractivity (Wildman–Crippen MR) is 91.4 cm³/mol. The summed E-state index contributed by atoms with van der Waals surface area (Å²) < 4.78 is 6.07. The van der Waals surface area contributed by atoms with Crippen molar-refractivity contribution in [2.24, 2.45) is 0 Å². The lowest BCUT2D eigenvalue weighted by molar-refractivity contribution is 0.0553. The molecule has 1 fully saturated rings. The van der Waals surface area contributed by atoms with E-state index in [0.29, 0.717) is 6.61 Å². The first-order valence-corrected chi connectivity index (χ1v) is 7.99. The van der Waals surface area contributed by atoms with Crippen LogP contribution in [0, 0.1) is 0 Å². The van der Waals surface area contributed by atoms with E-state index in [9.17, 15) is 0 Å². The van der Waals surface area contributed by atoms with E-state index in [0.717, 1.165) is 25.0 Å². The predicted octanol–water partition coefficient (Wildman–Crippen LogP) is 3.43. The van der Waals surface area contributed by atoms with Crippen LogP contribution in [0.3, 0.4) is 0 Å². The van der Waals surface area contributed by atoms with Crippen LogP contribution in [0.4, 0.5) is 5.69 Å². The van der Waals surface area contributed by atoms with Crippen molar-refractivity contribution >= 4 is 16.6 Å². The van der Waals surface area contributed by atoms with Gasteiger partial charge in [0.15, 0.2) is 0 Å². The third kappa shape index (κ3) is 3.03. The largest absolute Gasteiger partial charge is 0.372 e. The van der Waals surface area contributed by atoms with Crippen LogP contribution in [0.15, 0.2) is 61.1 Å². The summed E-state index contributed by atoms with van der Waals surface area (Å²) in [6.45, 7) is 2.60. The Balaban J connectivity index is 1.45. The van der Waals surface area contributed by atoms with Crippen LogP contribution < -0.4 is 4.90 Å². The summed E-state index contributed by atoms with van der Waals surface area (Å²) in [5.74, 6) is 0. The summed E-state index contributed by atoms with van der Waals surface area (Å²) in [6.07, 6.45) is 6.84. The topological polar surface area (TPSA) is 38.2 Å². The van der Waals surface area contributed by atoms with Crippen molar-refractivity contribution in [1.29, 1.82) is 0 Å². The number of pyridine rings is 2. The zero-order valence-electron chi connectivity index (χ0n) is 12.9. The third-order valence-corrected chi connectivity index (χ3v) is 4.35. The molecule has 0 bridgehead atoms. The normalized spacial score (nSPS) is 17.7. The highest BCUT2D eigenvalue weighted by molar-refractivity contribution is 5.91. The Morgan fingerprint density at radius 1 is 1.04 bits per heavy atom. The SMILES string of the molecule is c1ccc2c(N3CCC(OCc4ccncc4)C3)ccnc2c1. The van der Waals surface area contributed by atoms with Crippen molar-refractivity contribution in [3.63, 3.8) is 0 Å². The number of rotatable bonds is 4. The van der Waals surface area contributed by atoms with Crippen molar-refractivity contribution in [3.8, 4) is 0 Å². The molecule has 1 aromatic carbocycles. The van der Waals surface area contributed by atoms with Crippen LogP contribution in [-0.2, 0) is 11.3 Å². The number of para-hydroxylation sites is 1. The fourth-order valence-electron chi connectivity index (χ4n) is 3.13. The highest BCUT2D eigenvalue weighted by atomic mass is 16.5. The van der Waals surface area contributed by atoms with Gasteiger partial charge in [0.25, 0.3) is 0 Å². The van der Waals surface area contributed by atoms with Gasteiger partial charge >= 0.3 is 0 Å². The van der Waals surface area contributed by atoms with E-state index in [4.69, 9.17) is 4.74 Å². The van der Waals surface area contributed by atoms with E-state index in [1.165, 1.54) is 16.6 Å². The van der Waals surface area contributed by atoms with Crippen molar-refractivity contribution < 1.29 is 4.74 Å². The Labute approximate surface area is 135 Å². The minimum Gasteiger partial charge on any atom is -0.372 e. The minimum atomic E-state index is 0.273. The summed E-state index contributed by atoms with van der Waals surface area (Å²) in [5, 5.41) is 1.21. The quantitative estimate of drug-likeness (QED) is 0.740. The fourth-order valence-corrected chi connectivity index (χ4v) is 3.13. The first-order chi connectivity index (χ1) is 11.4. The summed E-state index contributed by atoms with van der Waals surface area (Å²) >= 11 is 0. The Hall–Kier alpha value is -2.46. The lowest BCUT2D eigenvalue weighted by atomic mass is 10.2. The van der Waals surface area contributed by atoms with E-state index in [1.807, 2.05) is 36.8 Å². The van der Waals surface area contributed by atoms with Gasteiger partial charge in [-0.2, -0.15) is 0 Å². The van der Waals surface area contributed by atoms with Gasteiger partial charge in [0.1, 0.15) is 0 Å². The summed E-state index contributed by atoms with van der Waals surface area (Å²) in [6, 6.07) is 14.4. The highest BCUT2D eigenvalue weighted by Crippen LogP contribution is 2.28. The summed E-state index contributed by atoms with van der Waals surface area (Å²) in [7, 11) is 0. The number of hydrogen-bond donors (Lipinski definition) is 0. The molecule has 1 saturated heterocycles. The number of aromatic nitrogens is 2. The van der Waals surface area contributed by atoms with Crippen molar-refractivity contribution in [1.82, 2.24) is 9.97 Å². The van der Waals surface area contributed by atoms with E-state index in [1.54, 1.807) is 0 Å². The minimum absolute atomic E-state index is 0.273. The van der Waals surface area contributed by atoms with Crippen LogP contribution in [0.25, 0.3) is 10.9 Å². The molecule has 0 radical (unpaired) electrons. The molecule has 0 aliphatic carbocycles. The molecule has 3 heterocycles. The molecule has 3 aromatic rings. The van der Waals surface area contributed by atoms with Gasteiger partial charge in [-0.25, -0.2) is 0 Å². The van der Waals surface area contributed by atoms with Gasteiger partial charge in [-0.15, -0.1) is 0 Å². The van der Waals surface area contributed by atoms with Crippen LogP contribution in [0.2, 0.25) is 0 Å². The van der Waals surface area contributed by atoms with Gasteiger partial charge < -0.3 is 9.64 Å². The molecule has 4 heteroatoms. The zero-order valence-corrected chi connectivity index (χ0v) is 12.9.